The van der Waals surface area contributed by atoms with E-state index in [1.807, 2.05) is 13.8 Å². The lowest BCUT2D eigenvalue weighted by Gasteiger charge is -2.39. The summed E-state index contributed by atoms with van der Waals surface area (Å²) in [4.78, 5) is 31.0. The van der Waals surface area contributed by atoms with Crippen LogP contribution in [0.25, 0.3) is 0 Å². The van der Waals surface area contributed by atoms with E-state index in [1.54, 1.807) is 12.1 Å². The highest BCUT2D eigenvalue weighted by molar-refractivity contribution is 9.10. The number of phenols is 1. The molecule has 30 heavy (non-hydrogen) atoms. The SMILES string of the molecule is CCCOC(=O)C1C(C)=NC2=C(C(=O)CC(C)(C)C2)[C@@H]1c1cc(Br)c(O)c(OC)c1. The molecule has 3 rings (SSSR count). The Morgan fingerprint density at radius 2 is 2.03 bits per heavy atom. The normalized spacial score (nSPS) is 23.0. The molecule has 2 aliphatic rings. The van der Waals surface area contributed by atoms with Crippen LogP contribution in [0.5, 0.6) is 11.5 Å². The molecule has 1 aromatic carbocycles. The Labute approximate surface area is 185 Å². The Bertz CT molecular complexity index is 947. The van der Waals surface area contributed by atoms with Gasteiger partial charge in [-0.05, 0) is 58.8 Å². The summed E-state index contributed by atoms with van der Waals surface area (Å²) in [5, 5.41) is 10.3. The predicted octanol–water partition coefficient (Wildman–Crippen LogP) is 4.93. The second-order valence-corrected chi connectivity index (χ2v) is 9.59. The van der Waals surface area contributed by atoms with Crippen molar-refractivity contribution in [3.8, 4) is 11.5 Å². The maximum Gasteiger partial charge on any atom is 0.315 e. The van der Waals surface area contributed by atoms with Gasteiger partial charge in [-0.2, -0.15) is 0 Å². The van der Waals surface area contributed by atoms with Crippen LogP contribution in [-0.4, -0.2) is 36.3 Å². The number of methoxy groups -OCH3 is 1. The Morgan fingerprint density at radius 3 is 2.67 bits per heavy atom. The van der Waals surface area contributed by atoms with Gasteiger partial charge in [-0.1, -0.05) is 20.8 Å². The van der Waals surface area contributed by atoms with Gasteiger partial charge in [-0.15, -0.1) is 0 Å². The molecule has 0 fully saturated rings. The summed E-state index contributed by atoms with van der Waals surface area (Å²) in [5.74, 6) is -1.41. The molecule has 0 aromatic heterocycles. The van der Waals surface area contributed by atoms with E-state index in [0.717, 1.165) is 5.70 Å². The van der Waals surface area contributed by atoms with E-state index in [-0.39, 0.29) is 22.7 Å². The number of aromatic hydroxyl groups is 1. The van der Waals surface area contributed by atoms with Gasteiger partial charge < -0.3 is 14.6 Å². The Kier molecular flexibility index (Phi) is 6.41. The maximum absolute atomic E-state index is 13.3. The van der Waals surface area contributed by atoms with Gasteiger partial charge in [-0.3, -0.25) is 14.6 Å². The van der Waals surface area contributed by atoms with Gasteiger partial charge in [0.1, 0.15) is 5.92 Å². The van der Waals surface area contributed by atoms with Crippen LogP contribution in [0.1, 0.15) is 58.4 Å². The van der Waals surface area contributed by atoms with Crippen LogP contribution in [0.4, 0.5) is 0 Å². The molecule has 0 bridgehead atoms. The first-order chi connectivity index (χ1) is 14.1. The minimum absolute atomic E-state index is 0.000967. The molecule has 0 amide bonds. The fourth-order valence-corrected chi connectivity index (χ4v) is 4.79. The average molecular weight is 478 g/mol. The van der Waals surface area contributed by atoms with Crippen LogP contribution in [0.15, 0.2) is 32.9 Å². The molecule has 2 atom stereocenters. The second-order valence-electron chi connectivity index (χ2n) is 8.73. The van der Waals surface area contributed by atoms with E-state index in [2.05, 4.69) is 29.8 Å². The zero-order valence-electron chi connectivity index (χ0n) is 18.0. The number of ether oxygens (including phenoxy) is 2. The third kappa shape index (κ3) is 4.17. The van der Waals surface area contributed by atoms with Crippen LogP contribution in [-0.2, 0) is 14.3 Å². The average Bonchev–Trinajstić information content (AvgIpc) is 2.66. The zero-order chi connectivity index (χ0) is 22.2. The number of carbonyl (C=O) groups is 2. The van der Waals surface area contributed by atoms with Crippen molar-refractivity contribution >= 4 is 33.4 Å². The smallest absolute Gasteiger partial charge is 0.315 e. The molecule has 1 aliphatic heterocycles. The fraction of sp³-hybridized carbons (Fsp3) is 0.522. The molecule has 0 spiro atoms. The van der Waals surface area contributed by atoms with E-state index in [0.29, 0.717) is 47.2 Å². The fourth-order valence-electron chi connectivity index (χ4n) is 4.33. The number of allylic oxidation sites excluding steroid dienone is 2. The second kappa shape index (κ2) is 8.53. The summed E-state index contributed by atoms with van der Waals surface area (Å²) in [7, 11) is 1.46. The summed E-state index contributed by atoms with van der Waals surface area (Å²) in [5.41, 5.74) is 2.45. The molecule has 1 aromatic rings. The van der Waals surface area contributed by atoms with Crippen molar-refractivity contribution in [1.82, 2.24) is 0 Å². The third-order valence-electron chi connectivity index (χ3n) is 5.63. The number of esters is 1. The lowest BCUT2D eigenvalue weighted by atomic mass is 9.67. The van der Waals surface area contributed by atoms with E-state index in [4.69, 9.17) is 14.5 Å². The number of carbonyl (C=O) groups excluding carboxylic acids is 2. The number of aliphatic imine (C=N–C) groups is 1. The number of Topliss-reactive ketones (excluding diaryl/α,β-unsaturated/α-hetero) is 1. The van der Waals surface area contributed by atoms with Gasteiger partial charge in [0.2, 0.25) is 0 Å². The van der Waals surface area contributed by atoms with Crippen LogP contribution in [0.2, 0.25) is 0 Å². The summed E-state index contributed by atoms with van der Waals surface area (Å²) in [6.07, 6.45) is 1.76. The molecule has 0 saturated heterocycles. The van der Waals surface area contributed by atoms with Crippen molar-refractivity contribution in [1.29, 1.82) is 0 Å². The summed E-state index contributed by atoms with van der Waals surface area (Å²) in [6.45, 7) is 8.16. The van der Waals surface area contributed by atoms with Gasteiger partial charge in [0.05, 0.1) is 18.2 Å². The molecule has 1 heterocycles. The molecule has 1 N–H and O–H groups in total. The Morgan fingerprint density at radius 1 is 1.33 bits per heavy atom. The summed E-state index contributed by atoms with van der Waals surface area (Å²) in [6, 6.07) is 3.42. The number of hydrogen-bond donors (Lipinski definition) is 1. The van der Waals surface area contributed by atoms with Crippen molar-refractivity contribution in [2.24, 2.45) is 16.3 Å². The third-order valence-corrected chi connectivity index (χ3v) is 6.24. The molecular formula is C23H28BrNO5. The predicted molar refractivity (Wildman–Crippen MR) is 118 cm³/mol. The molecule has 0 saturated carbocycles. The van der Waals surface area contributed by atoms with Gasteiger partial charge >= 0.3 is 5.97 Å². The summed E-state index contributed by atoms with van der Waals surface area (Å²) >= 11 is 3.36. The first-order valence-corrected chi connectivity index (χ1v) is 10.9. The van der Waals surface area contributed by atoms with Gasteiger partial charge in [0.25, 0.3) is 0 Å². The lowest BCUT2D eigenvalue weighted by Crippen LogP contribution is -2.39. The molecule has 7 heteroatoms. The number of benzene rings is 1. The first kappa shape index (κ1) is 22.5. The van der Waals surface area contributed by atoms with Crippen molar-refractivity contribution in [2.45, 2.75) is 52.9 Å². The zero-order valence-corrected chi connectivity index (χ0v) is 19.6. The molecule has 6 nitrogen and oxygen atoms in total. The molecule has 162 valence electrons. The van der Waals surface area contributed by atoms with E-state index in [1.165, 1.54) is 7.11 Å². The van der Waals surface area contributed by atoms with E-state index in [9.17, 15) is 14.7 Å². The topological polar surface area (TPSA) is 85.2 Å². The van der Waals surface area contributed by atoms with Crippen molar-refractivity contribution in [2.75, 3.05) is 13.7 Å². The van der Waals surface area contributed by atoms with Crippen LogP contribution < -0.4 is 4.74 Å². The quantitative estimate of drug-likeness (QED) is 0.607. The number of halogens is 1. The first-order valence-electron chi connectivity index (χ1n) is 10.1. The van der Waals surface area contributed by atoms with E-state index >= 15 is 0 Å². The van der Waals surface area contributed by atoms with Crippen LogP contribution in [0, 0.1) is 11.3 Å². The lowest BCUT2D eigenvalue weighted by molar-refractivity contribution is -0.146. The molecule has 0 radical (unpaired) electrons. The standard InChI is InChI=1S/C23H28BrNO5/c1-6-7-30-22(28)18-12(2)25-15-10-23(3,4)11-16(26)20(15)19(18)13-8-14(24)21(27)17(9-13)29-5/h8-9,18-19,27H,6-7,10-11H2,1-5H3/t18?,19-/m1/s1. The van der Waals surface area contributed by atoms with Crippen LogP contribution >= 0.6 is 15.9 Å². The number of phenolic OH excluding ortho intramolecular Hbond substituents is 1. The number of ketones is 1. The highest BCUT2D eigenvalue weighted by Gasteiger charge is 2.46. The number of hydrogen-bond acceptors (Lipinski definition) is 6. The highest BCUT2D eigenvalue weighted by atomic mass is 79.9. The highest BCUT2D eigenvalue weighted by Crippen LogP contribution is 2.49. The Balaban J connectivity index is 2.20. The van der Waals surface area contributed by atoms with Gasteiger partial charge in [-0.25, -0.2) is 0 Å². The van der Waals surface area contributed by atoms with Crippen LogP contribution in [0.3, 0.4) is 0 Å². The molecule has 1 aliphatic carbocycles. The number of nitrogens with zero attached hydrogens (tertiary/aromatic N) is 1. The molecular weight excluding hydrogens is 450 g/mol. The Hall–Kier alpha value is -2.15. The van der Waals surface area contributed by atoms with E-state index < -0.39 is 17.8 Å². The van der Waals surface area contributed by atoms with Gasteiger partial charge in [0.15, 0.2) is 17.3 Å². The monoisotopic (exact) mass is 477 g/mol. The van der Waals surface area contributed by atoms with Crippen molar-refractivity contribution < 1.29 is 24.2 Å². The largest absolute Gasteiger partial charge is 0.503 e. The minimum Gasteiger partial charge on any atom is -0.503 e. The van der Waals surface area contributed by atoms with Crippen molar-refractivity contribution in [3.63, 3.8) is 0 Å². The number of rotatable bonds is 5. The van der Waals surface area contributed by atoms with Gasteiger partial charge in [0, 0.05) is 29.3 Å². The van der Waals surface area contributed by atoms with Crippen molar-refractivity contribution in [3.05, 3.63) is 33.4 Å². The summed E-state index contributed by atoms with van der Waals surface area (Å²) < 4.78 is 11.2. The minimum atomic E-state index is -0.707. The maximum atomic E-state index is 13.3. The molecule has 1 unspecified atom stereocenters.